The third kappa shape index (κ3) is 9.58. The number of rotatable bonds is 10. The van der Waals surface area contributed by atoms with Crippen LogP contribution < -0.4 is 15.8 Å². The summed E-state index contributed by atoms with van der Waals surface area (Å²) in [5.74, 6) is -1.37. The number of ether oxygens (including phenoxy) is 3. The molecule has 0 aliphatic heterocycles. The molecule has 11 nitrogen and oxygen atoms in total. The number of carbonyl (C=O) groups excluding carboxylic acids is 2. The average molecular weight is 675 g/mol. The van der Waals surface area contributed by atoms with Crippen LogP contribution in [0.25, 0.3) is 16.9 Å². The summed E-state index contributed by atoms with van der Waals surface area (Å²) in [6, 6.07) is 12.4. The number of benzene rings is 2. The Morgan fingerprint density at radius 1 is 1.04 bits per heavy atom. The van der Waals surface area contributed by atoms with Gasteiger partial charge < -0.3 is 25.3 Å². The maximum atomic E-state index is 14.5. The molecule has 0 saturated heterocycles. The Balaban J connectivity index is 1.60. The summed E-state index contributed by atoms with van der Waals surface area (Å²) < 4.78 is 60.6. The van der Waals surface area contributed by atoms with Crippen molar-refractivity contribution in [2.45, 2.75) is 65.0 Å². The van der Waals surface area contributed by atoms with E-state index in [1.165, 1.54) is 35.1 Å². The van der Waals surface area contributed by atoms with Crippen LogP contribution in [0.2, 0.25) is 5.02 Å². The summed E-state index contributed by atoms with van der Waals surface area (Å²) in [5, 5.41) is 6.98. The molecule has 4 rings (SSSR count). The van der Waals surface area contributed by atoms with E-state index in [1.54, 1.807) is 65.0 Å². The van der Waals surface area contributed by atoms with Crippen molar-refractivity contribution in [3.8, 4) is 22.8 Å². The van der Waals surface area contributed by atoms with Crippen LogP contribution in [0.3, 0.4) is 0 Å². The maximum Gasteiger partial charge on any atom is 0.429 e. The minimum Gasteiger partial charge on any atom is -0.464 e. The van der Waals surface area contributed by atoms with Crippen molar-refractivity contribution in [2.24, 2.45) is 0 Å². The average Bonchev–Trinajstić information content (AvgIpc) is 3.40. The number of nitrogen functional groups attached to an aromatic ring is 1. The summed E-state index contributed by atoms with van der Waals surface area (Å²) in [6.45, 7) is 8.55. The Morgan fingerprint density at radius 3 is 2.34 bits per heavy atom. The summed E-state index contributed by atoms with van der Waals surface area (Å²) >= 11 is 6.13. The molecule has 1 amide bonds. The number of halogens is 4. The topological polar surface area (TPSA) is 143 Å². The zero-order valence-electron chi connectivity index (χ0n) is 26.3. The van der Waals surface area contributed by atoms with Crippen LogP contribution in [0.15, 0.2) is 60.8 Å². The molecular formula is C32H34ClF3N6O5. The fraction of sp³-hybridized carbons (Fsp3) is 0.344. The zero-order valence-corrected chi connectivity index (χ0v) is 27.0. The number of amides is 1. The number of alkyl carbamates (subject to hydrolysis) is 1. The number of carbonyl (C=O) groups is 2. The number of alkyl halides is 3. The molecule has 2 aromatic heterocycles. The summed E-state index contributed by atoms with van der Waals surface area (Å²) in [5.41, 5.74) is 6.85. The maximum absolute atomic E-state index is 14.5. The molecule has 0 saturated carbocycles. The van der Waals surface area contributed by atoms with Gasteiger partial charge in [0.05, 0.1) is 23.7 Å². The predicted octanol–water partition coefficient (Wildman–Crippen LogP) is 6.55. The van der Waals surface area contributed by atoms with Gasteiger partial charge in [-0.25, -0.2) is 19.3 Å². The molecule has 0 aliphatic rings. The summed E-state index contributed by atoms with van der Waals surface area (Å²) in [6.07, 6.45) is -6.51. The highest BCUT2D eigenvalue weighted by Crippen LogP contribution is 2.40. The highest BCUT2D eigenvalue weighted by atomic mass is 35.5. The van der Waals surface area contributed by atoms with Crippen molar-refractivity contribution in [1.29, 1.82) is 0 Å². The van der Waals surface area contributed by atoms with Crippen LogP contribution in [-0.4, -0.2) is 56.2 Å². The monoisotopic (exact) mass is 674 g/mol. The number of aromatic nitrogens is 4. The van der Waals surface area contributed by atoms with Crippen LogP contribution in [0, 0.1) is 6.92 Å². The van der Waals surface area contributed by atoms with Crippen molar-refractivity contribution < 1.29 is 37.0 Å². The molecule has 0 unspecified atom stereocenters. The Labute approximate surface area is 274 Å². The fourth-order valence-electron chi connectivity index (χ4n) is 4.50. The zero-order chi connectivity index (χ0) is 34.5. The molecule has 0 bridgehead atoms. The first kappa shape index (κ1) is 35.0. The normalized spacial score (nSPS) is 13.0. The lowest BCUT2D eigenvalue weighted by Gasteiger charge is -2.24. The highest BCUT2D eigenvalue weighted by Gasteiger charge is 2.45. The molecule has 2 atom stereocenters. The molecule has 3 N–H and O–H groups in total. The van der Waals surface area contributed by atoms with E-state index in [4.69, 9.17) is 31.5 Å². The van der Waals surface area contributed by atoms with E-state index in [0.717, 1.165) is 0 Å². The first-order chi connectivity index (χ1) is 22.0. The van der Waals surface area contributed by atoms with Gasteiger partial charge in [0, 0.05) is 34.8 Å². The van der Waals surface area contributed by atoms with Crippen LogP contribution in [0.1, 0.15) is 50.6 Å². The van der Waals surface area contributed by atoms with Gasteiger partial charge in [0.2, 0.25) is 17.9 Å². The van der Waals surface area contributed by atoms with Gasteiger partial charge >= 0.3 is 18.2 Å². The van der Waals surface area contributed by atoms with E-state index in [2.05, 4.69) is 20.4 Å². The molecule has 4 aromatic rings. The van der Waals surface area contributed by atoms with Crippen LogP contribution in [-0.2, 0) is 20.7 Å². The second kappa shape index (κ2) is 14.3. The predicted molar refractivity (Wildman–Crippen MR) is 168 cm³/mol. The smallest absolute Gasteiger partial charge is 0.429 e. The first-order valence-corrected chi connectivity index (χ1v) is 14.9. The van der Waals surface area contributed by atoms with Crippen molar-refractivity contribution in [2.75, 3.05) is 12.3 Å². The lowest BCUT2D eigenvalue weighted by atomic mass is 10.0. The molecule has 0 radical (unpaired) electrons. The van der Waals surface area contributed by atoms with E-state index in [1.807, 2.05) is 0 Å². The van der Waals surface area contributed by atoms with Gasteiger partial charge in [0.1, 0.15) is 11.6 Å². The van der Waals surface area contributed by atoms with Gasteiger partial charge in [0.15, 0.2) is 0 Å². The lowest BCUT2D eigenvalue weighted by Crippen LogP contribution is -2.45. The third-order valence-corrected chi connectivity index (χ3v) is 6.69. The number of esters is 1. The molecule has 15 heteroatoms. The highest BCUT2D eigenvalue weighted by molar-refractivity contribution is 6.30. The van der Waals surface area contributed by atoms with Gasteiger partial charge in [-0.05, 0) is 58.4 Å². The quantitative estimate of drug-likeness (QED) is 0.179. The number of aryl methyl sites for hydroxylation is 1. The number of hydrogen-bond acceptors (Lipinski definition) is 9. The molecule has 47 heavy (non-hydrogen) atoms. The number of hydrogen-bond donors (Lipinski definition) is 2. The van der Waals surface area contributed by atoms with Crippen molar-refractivity contribution >= 4 is 29.6 Å². The Morgan fingerprint density at radius 2 is 1.74 bits per heavy atom. The molecule has 0 spiro atoms. The first-order valence-electron chi connectivity index (χ1n) is 14.5. The minimum absolute atomic E-state index is 0.0745. The van der Waals surface area contributed by atoms with Gasteiger partial charge in [-0.2, -0.15) is 23.3 Å². The van der Waals surface area contributed by atoms with E-state index in [9.17, 15) is 22.8 Å². The second-order valence-corrected chi connectivity index (χ2v) is 11.9. The summed E-state index contributed by atoms with van der Waals surface area (Å²) in [7, 11) is 0. The van der Waals surface area contributed by atoms with Gasteiger partial charge in [0.25, 0.3) is 0 Å². The van der Waals surface area contributed by atoms with E-state index >= 15 is 0 Å². The standard InChI is InChI=1S/C32H34ClF3N6O5/c1-6-45-28(43)24(39-30(44)47-31(3,4)5)15-19-7-9-20(10-8-19)23-17-26(40-29(37)38-23)46-27(32(34,35)36)22-12-11-21(33)16-25(22)42-14-13-18(2)41-42/h7-14,16-17,24,27H,6,15H2,1-5H3,(H,39,44)(H2,37,38,40)/t24-,27+/m0/s1. The van der Waals surface area contributed by atoms with Gasteiger partial charge in [-0.15, -0.1) is 0 Å². The largest absolute Gasteiger partial charge is 0.464 e. The Kier molecular flexibility index (Phi) is 10.6. The van der Waals surface area contributed by atoms with Crippen LogP contribution in [0.5, 0.6) is 5.88 Å². The molecule has 2 aromatic carbocycles. The molecule has 0 fully saturated rings. The molecular weight excluding hydrogens is 641 g/mol. The number of anilines is 1. The second-order valence-electron chi connectivity index (χ2n) is 11.4. The fourth-order valence-corrected chi connectivity index (χ4v) is 4.66. The number of nitrogens with two attached hydrogens (primary N) is 1. The van der Waals surface area contributed by atoms with E-state index < -0.39 is 41.9 Å². The van der Waals surface area contributed by atoms with Crippen molar-refractivity contribution in [1.82, 2.24) is 25.1 Å². The van der Waals surface area contributed by atoms with E-state index in [0.29, 0.717) is 16.8 Å². The SMILES string of the molecule is CCOC(=O)[C@H](Cc1ccc(-c2cc(O[C@H](c3ccc(Cl)cc3-n3ccc(C)n3)C(F)(F)F)nc(N)n2)cc1)NC(=O)OC(C)(C)C. The summed E-state index contributed by atoms with van der Waals surface area (Å²) in [4.78, 5) is 33.0. The Hall–Kier alpha value is -4.85. The van der Waals surface area contributed by atoms with Crippen molar-refractivity contribution in [3.63, 3.8) is 0 Å². The number of nitrogens with zero attached hydrogens (tertiary/aromatic N) is 4. The minimum atomic E-state index is -4.87. The van der Waals surface area contributed by atoms with Crippen LogP contribution in [0.4, 0.5) is 23.9 Å². The molecule has 250 valence electrons. The Bertz CT molecular complexity index is 1720. The number of nitrogens with one attached hydrogen (secondary N) is 1. The van der Waals surface area contributed by atoms with E-state index in [-0.39, 0.29) is 40.9 Å². The molecule has 0 aliphatic carbocycles. The van der Waals surface area contributed by atoms with Gasteiger partial charge in [-0.1, -0.05) is 41.9 Å². The third-order valence-electron chi connectivity index (χ3n) is 6.45. The molecule has 2 heterocycles. The lowest BCUT2D eigenvalue weighted by molar-refractivity contribution is -0.198. The van der Waals surface area contributed by atoms with Crippen LogP contribution >= 0.6 is 11.6 Å². The van der Waals surface area contributed by atoms with Crippen molar-refractivity contribution in [3.05, 3.63) is 82.6 Å². The van der Waals surface area contributed by atoms with Gasteiger partial charge in [-0.3, -0.25) is 0 Å².